The number of carbonyl (C=O) groups excluding carboxylic acids is 1. The molecule has 0 aliphatic heterocycles. The Bertz CT molecular complexity index is 1190. The van der Waals surface area contributed by atoms with Gasteiger partial charge in [0.25, 0.3) is 11.1 Å². The maximum Gasteiger partial charge on any atom is 0.277 e. The molecule has 6 nitrogen and oxygen atoms in total. The molecule has 0 saturated heterocycles. The van der Waals surface area contributed by atoms with Crippen LogP contribution in [-0.4, -0.2) is 21.9 Å². The minimum absolute atomic E-state index is 0.120. The fraction of sp³-hybridized carbons (Fsp3) is 0.208. The lowest BCUT2D eigenvalue weighted by Crippen LogP contribution is -2.15. The van der Waals surface area contributed by atoms with Crippen LogP contribution >= 0.6 is 11.8 Å². The van der Waals surface area contributed by atoms with E-state index in [1.165, 1.54) is 11.8 Å². The van der Waals surface area contributed by atoms with Gasteiger partial charge in [-0.05, 0) is 40.5 Å². The maximum absolute atomic E-state index is 12.3. The van der Waals surface area contributed by atoms with Crippen LogP contribution in [0.2, 0.25) is 0 Å². The van der Waals surface area contributed by atoms with Crippen molar-refractivity contribution in [1.82, 2.24) is 10.2 Å². The lowest BCUT2D eigenvalue weighted by molar-refractivity contribution is -0.113. The van der Waals surface area contributed by atoms with E-state index in [4.69, 9.17) is 9.15 Å². The summed E-state index contributed by atoms with van der Waals surface area (Å²) in [5.41, 5.74) is 1.94. The molecule has 7 heteroatoms. The Hall–Kier alpha value is -3.32. The molecule has 0 fully saturated rings. The first-order chi connectivity index (χ1) is 15.1. The Labute approximate surface area is 185 Å². The summed E-state index contributed by atoms with van der Waals surface area (Å²) in [6.45, 7) is 4.36. The Morgan fingerprint density at radius 1 is 1.03 bits per heavy atom. The zero-order chi connectivity index (χ0) is 21.6. The van der Waals surface area contributed by atoms with Crippen LogP contribution in [-0.2, 0) is 11.4 Å². The van der Waals surface area contributed by atoms with Gasteiger partial charge in [0.1, 0.15) is 5.75 Å². The lowest BCUT2D eigenvalue weighted by atomic mass is 10.0. The van der Waals surface area contributed by atoms with Gasteiger partial charge in [-0.15, -0.1) is 10.2 Å². The largest absolute Gasteiger partial charge is 0.484 e. The van der Waals surface area contributed by atoms with E-state index in [-0.39, 0.29) is 18.3 Å². The molecule has 4 aromatic rings. The van der Waals surface area contributed by atoms with Crippen LogP contribution in [0.3, 0.4) is 0 Å². The molecule has 0 saturated carbocycles. The fourth-order valence-electron chi connectivity index (χ4n) is 3.18. The second-order valence-corrected chi connectivity index (χ2v) is 8.26. The number of rotatable bonds is 8. The van der Waals surface area contributed by atoms with Gasteiger partial charge in [0.2, 0.25) is 5.91 Å². The predicted octanol–water partition coefficient (Wildman–Crippen LogP) is 5.66. The molecule has 0 aliphatic carbocycles. The first-order valence-corrected chi connectivity index (χ1v) is 11.0. The van der Waals surface area contributed by atoms with Gasteiger partial charge in [-0.25, -0.2) is 0 Å². The Morgan fingerprint density at radius 2 is 1.81 bits per heavy atom. The summed E-state index contributed by atoms with van der Waals surface area (Å²) in [5.74, 6) is 1.48. The average Bonchev–Trinajstić information content (AvgIpc) is 3.24. The highest BCUT2D eigenvalue weighted by atomic mass is 32.2. The van der Waals surface area contributed by atoms with Gasteiger partial charge < -0.3 is 14.5 Å². The molecule has 1 amide bonds. The third-order valence-corrected chi connectivity index (χ3v) is 5.53. The first kappa shape index (κ1) is 20.9. The minimum atomic E-state index is -0.120. The number of thioether (sulfide) groups is 1. The van der Waals surface area contributed by atoms with Crippen LogP contribution in [0.1, 0.15) is 31.2 Å². The molecule has 1 N–H and O–H groups in total. The summed E-state index contributed by atoms with van der Waals surface area (Å²) in [6, 6.07) is 21.8. The van der Waals surface area contributed by atoms with Crippen molar-refractivity contribution in [3.05, 3.63) is 78.2 Å². The molecule has 0 spiro atoms. The molecule has 31 heavy (non-hydrogen) atoms. The van der Waals surface area contributed by atoms with Crippen molar-refractivity contribution >= 4 is 34.1 Å². The zero-order valence-electron chi connectivity index (χ0n) is 17.4. The highest BCUT2D eigenvalue weighted by Gasteiger charge is 2.13. The van der Waals surface area contributed by atoms with Gasteiger partial charge in [0.15, 0.2) is 6.61 Å². The van der Waals surface area contributed by atoms with Crippen LogP contribution in [0.25, 0.3) is 10.8 Å². The number of aromatic nitrogens is 2. The number of carbonyl (C=O) groups is 1. The van der Waals surface area contributed by atoms with Crippen molar-refractivity contribution in [3.63, 3.8) is 0 Å². The molecule has 0 aliphatic rings. The number of nitrogens with zero attached hydrogens (tertiary/aromatic N) is 2. The molecule has 0 radical (unpaired) electrons. The zero-order valence-corrected chi connectivity index (χ0v) is 18.2. The van der Waals surface area contributed by atoms with E-state index in [0.29, 0.717) is 17.0 Å². The van der Waals surface area contributed by atoms with Crippen molar-refractivity contribution in [1.29, 1.82) is 0 Å². The standard InChI is InChI=1S/C24H23N3O3S/c1-16(2)20-9-5-6-10-21(20)25-22(28)15-31-24-27-26-23(30-24)14-29-19-12-11-17-7-3-4-8-18(17)13-19/h3-13,16H,14-15H2,1-2H3,(H,25,28). The Balaban J connectivity index is 1.29. The van der Waals surface area contributed by atoms with Crippen molar-refractivity contribution in [2.24, 2.45) is 0 Å². The quantitative estimate of drug-likeness (QED) is 0.362. The smallest absolute Gasteiger partial charge is 0.277 e. The van der Waals surface area contributed by atoms with E-state index in [1.54, 1.807) is 0 Å². The summed E-state index contributed by atoms with van der Waals surface area (Å²) >= 11 is 1.20. The third kappa shape index (κ3) is 5.44. The van der Waals surface area contributed by atoms with Crippen molar-refractivity contribution < 1.29 is 13.9 Å². The molecular weight excluding hydrogens is 410 g/mol. The topological polar surface area (TPSA) is 77.2 Å². The van der Waals surface area contributed by atoms with Crippen molar-refractivity contribution in [2.75, 3.05) is 11.1 Å². The van der Waals surface area contributed by atoms with E-state index in [1.807, 2.05) is 60.7 Å². The Morgan fingerprint density at radius 3 is 2.65 bits per heavy atom. The highest BCUT2D eigenvalue weighted by Crippen LogP contribution is 2.25. The first-order valence-electron chi connectivity index (χ1n) is 10.0. The van der Waals surface area contributed by atoms with Crippen LogP contribution in [0.4, 0.5) is 5.69 Å². The number of benzene rings is 3. The monoisotopic (exact) mass is 433 g/mol. The summed E-state index contributed by atoms with van der Waals surface area (Å²) in [6.07, 6.45) is 0. The van der Waals surface area contributed by atoms with E-state index in [0.717, 1.165) is 27.8 Å². The second kappa shape index (κ2) is 9.66. The van der Waals surface area contributed by atoms with Gasteiger partial charge in [-0.2, -0.15) is 0 Å². The second-order valence-electron chi connectivity index (χ2n) is 7.34. The fourth-order valence-corrected chi connectivity index (χ4v) is 3.77. The molecule has 4 rings (SSSR count). The summed E-state index contributed by atoms with van der Waals surface area (Å²) < 4.78 is 11.4. The molecule has 158 valence electrons. The number of anilines is 1. The SMILES string of the molecule is CC(C)c1ccccc1NC(=O)CSc1nnc(COc2ccc3ccccc3c2)o1. The minimum Gasteiger partial charge on any atom is -0.484 e. The number of para-hydroxylation sites is 1. The molecule has 1 heterocycles. The van der Waals surface area contributed by atoms with E-state index in [2.05, 4.69) is 35.4 Å². The van der Waals surface area contributed by atoms with Crippen LogP contribution in [0.15, 0.2) is 76.4 Å². The number of hydrogen-bond donors (Lipinski definition) is 1. The highest BCUT2D eigenvalue weighted by molar-refractivity contribution is 7.99. The maximum atomic E-state index is 12.3. The number of amides is 1. The van der Waals surface area contributed by atoms with Gasteiger partial charge in [0.05, 0.1) is 5.75 Å². The van der Waals surface area contributed by atoms with Crippen LogP contribution in [0.5, 0.6) is 5.75 Å². The van der Waals surface area contributed by atoms with Crippen molar-refractivity contribution in [2.45, 2.75) is 31.6 Å². The van der Waals surface area contributed by atoms with Gasteiger partial charge in [-0.1, -0.05) is 74.1 Å². The number of fused-ring (bicyclic) bond motifs is 1. The number of ether oxygens (including phenoxy) is 1. The molecule has 0 bridgehead atoms. The molecule has 1 aromatic heterocycles. The number of nitrogens with one attached hydrogen (secondary N) is 1. The molecule has 0 unspecified atom stereocenters. The lowest BCUT2D eigenvalue weighted by Gasteiger charge is -2.13. The normalized spacial score (nSPS) is 11.1. The summed E-state index contributed by atoms with van der Waals surface area (Å²) in [4.78, 5) is 12.3. The predicted molar refractivity (Wildman–Crippen MR) is 122 cm³/mol. The van der Waals surface area contributed by atoms with E-state index >= 15 is 0 Å². The van der Waals surface area contributed by atoms with Gasteiger partial charge >= 0.3 is 0 Å². The number of hydrogen-bond acceptors (Lipinski definition) is 6. The average molecular weight is 434 g/mol. The van der Waals surface area contributed by atoms with Gasteiger partial charge in [-0.3, -0.25) is 4.79 Å². The van der Waals surface area contributed by atoms with Crippen LogP contribution in [0, 0.1) is 0 Å². The third-order valence-electron chi connectivity index (χ3n) is 4.72. The van der Waals surface area contributed by atoms with Crippen LogP contribution < -0.4 is 10.1 Å². The summed E-state index contributed by atoms with van der Waals surface area (Å²) in [5, 5.41) is 13.5. The molecule has 3 aromatic carbocycles. The molecule has 0 atom stereocenters. The van der Waals surface area contributed by atoms with Gasteiger partial charge in [0, 0.05) is 5.69 Å². The van der Waals surface area contributed by atoms with Crippen molar-refractivity contribution in [3.8, 4) is 5.75 Å². The Kier molecular flexibility index (Phi) is 6.52. The van der Waals surface area contributed by atoms with E-state index < -0.39 is 0 Å². The van der Waals surface area contributed by atoms with E-state index in [9.17, 15) is 4.79 Å². The summed E-state index contributed by atoms with van der Waals surface area (Å²) in [7, 11) is 0. The molecular formula is C24H23N3O3S.